The highest BCUT2D eigenvalue weighted by molar-refractivity contribution is 9.10. The van der Waals surface area contributed by atoms with Crippen molar-refractivity contribution in [2.45, 2.75) is 43.4 Å². The Bertz CT molecular complexity index is 2220. The van der Waals surface area contributed by atoms with E-state index in [0.29, 0.717) is 21.2 Å². The first kappa shape index (κ1) is 36.6. The van der Waals surface area contributed by atoms with E-state index in [0.717, 1.165) is 88.8 Å². The Balaban J connectivity index is 0.000000187. The number of piperidine rings is 2. The molecule has 2 aromatic heterocycles. The van der Waals surface area contributed by atoms with E-state index in [1.54, 1.807) is 24.3 Å². The summed E-state index contributed by atoms with van der Waals surface area (Å²) in [5.41, 5.74) is 6.73. The lowest BCUT2D eigenvalue weighted by Crippen LogP contribution is -2.30. The fourth-order valence-corrected chi connectivity index (χ4v) is 7.92. The zero-order valence-electron chi connectivity index (χ0n) is 28.1. The van der Waals surface area contributed by atoms with Crippen molar-refractivity contribution in [3.05, 3.63) is 98.4 Å². The topological polar surface area (TPSA) is 120 Å². The average molecular weight is 805 g/mol. The predicted molar refractivity (Wildman–Crippen MR) is 210 cm³/mol. The second kappa shape index (κ2) is 16.0. The van der Waals surface area contributed by atoms with Gasteiger partial charge in [0.1, 0.15) is 23.8 Å². The van der Waals surface area contributed by atoms with Crippen LogP contribution in [0.4, 0.5) is 11.6 Å². The third kappa shape index (κ3) is 8.48. The molecule has 8 nitrogen and oxygen atoms in total. The van der Waals surface area contributed by atoms with Gasteiger partial charge in [-0.1, -0.05) is 47.5 Å². The number of nitriles is 2. The van der Waals surface area contributed by atoms with Crippen molar-refractivity contribution < 1.29 is 8.42 Å². The lowest BCUT2D eigenvalue weighted by molar-refractivity contribution is 0.574. The first-order valence-corrected chi connectivity index (χ1v) is 20.3. The Morgan fingerprint density at radius 2 is 1.10 bits per heavy atom. The number of benzene rings is 3. The van der Waals surface area contributed by atoms with E-state index in [1.165, 1.54) is 31.9 Å². The van der Waals surface area contributed by atoms with E-state index in [9.17, 15) is 18.9 Å². The van der Waals surface area contributed by atoms with Crippen LogP contribution < -0.4 is 9.80 Å². The van der Waals surface area contributed by atoms with Crippen LogP contribution >= 0.6 is 39.1 Å². The monoisotopic (exact) mass is 802 g/mol. The molecule has 0 saturated carbocycles. The first-order chi connectivity index (χ1) is 24.5. The third-order valence-corrected chi connectivity index (χ3v) is 12.0. The molecule has 7 rings (SSSR count). The summed E-state index contributed by atoms with van der Waals surface area (Å²) in [6.07, 6.45) is 8.33. The van der Waals surface area contributed by atoms with E-state index in [2.05, 4.69) is 47.8 Å². The van der Waals surface area contributed by atoms with Gasteiger partial charge in [-0.2, -0.15) is 10.5 Å². The summed E-state index contributed by atoms with van der Waals surface area (Å²) in [5.74, 6) is 1.82. The van der Waals surface area contributed by atoms with Crippen molar-refractivity contribution in [2.24, 2.45) is 0 Å². The van der Waals surface area contributed by atoms with Crippen LogP contribution in [0, 0.1) is 22.7 Å². The van der Waals surface area contributed by atoms with Crippen molar-refractivity contribution >= 4 is 60.6 Å². The molecule has 0 unspecified atom stereocenters. The van der Waals surface area contributed by atoms with Gasteiger partial charge in [-0.15, -0.1) is 0 Å². The van der Waals surface area contributed by atoms with Gasteiger partial charge in [-0.3, -0.25) is 0 Å². The normalized spacial score (nSPS) is 14.7. The number of nitrogens with one attached hydrogen (secondary N) is 2. The van der Waals surface area contributed by atoms with Crippen LogP contribution in [0.2, 0.25) is 10.0 Å². The SMILES string of the molecule is CS(=O)(=O)c1ccc(-c2cc(-c3cc(C#N)c(N4CCCCC4)[nH]3)ccc2Cl)cc1.N#Cc1cc(-c2ccc(Cl)c(Br)c2)[nH]c1N1CCCCC1. The maximum atomic E-state index is 11.7. The van der Waals surface area contributed by atoms with Crippen molar-refractivity contribution in [3.8, 4) is 45.8 Å². The summed E-state index contributed by atoms with van der Waals surface area (Å²) in [6.45, 7) is 3.93. The molecular formula is C39H37BrCl2N6O2S. The summed E-state index contributed by atoms with van der Waals surface area (Å²) < 4.78 is 24.3. The van der Waals surface area contributed by atoms with Crippen molar-refractivity contribution in [1.29, 1.82) is 10.5 Å². The number of hydrogen-bond donors (Lipinski definition) is 2. The van der Waals surface area contributed by atoms with E-state index in [-0.39, 0.29) is 4.90 Å². The fraction of sp³-hybridized carbons (Fsp3) is 0.282. The lowest BCUT2D eigenvalue weighted by atomic mass is 10.0. The average Bonchev–Trinajstić information content (AvgIpc) is 3.79. The molecule has 0 spiro atoms. The molecular weight excluding hydrogens is 767 g/mol. The van der Waals surface area contributed by atoms with E-state index >= 15 is 0 Å². The highest BCUT2D eigenvalue weighted by Gasteiger charge is 2.20. The number of aromatic nitrogens is 2. The molecule has 0 radical (unpaired) electrons. The Morgan fingerprint density at radius 1 is 0.647 bits per heavy atom. The molecule has 0 amide bonds. The third-order valence-electron chi connectivity index (χ3n) is 9.28. The predicted octanol–water partition coefficient (Wildman–Crippen LogP) is 10.2. The number of aromatic amines is 2. The number of rotatable bonds is 6. The van der Waals surface area contributed by atoms with Gasteiger partial charge >= 0.3 is 0 Å². The van der Waals surface area contributed by atoms with Gasteiger partial charge < -0.3 is 19.8 Å². The molecule has 0 bridgehead atoms. The molecule has 0 aliphatic carbocycles. The molecule has 2 aliphatic heterocycles. The van der Waals surface area contributed by atoms with Gasteiger partial charge in [0.2, 0.25) is 0 Å². The molecule has 5 aromatic rings. The minimum Gasteiger partial charge on any atom is -0.357 e. The van der Waals surface area contributed by atoms with Gasteiger partial charge in [0.25, 0.3) is 0 Å². The Labute approximate surface area is 317 Å². The van der Waals surface area contributed by atoms with Gasteiger partial charge in [-0.05, 0) is 120 Å². The smallest absolute Gasteiger partial charge is 0.175 e. The second-order valence-corrected chi connectivity index (χ2v) is 16.5. The highest BCUT2D eigenvalue weighted by Crippen LogP contribution is 2.36. The largest absolute Gasteiger partial charge is 0.357 e. The summed E-state index contributed by atoms with van der Waals surface area (Å²) in [4.78, 5) is 11.6. The number of halogens is 3. The van der Waals surface area contributed by atoms with Crippen LogP contribution in [0.5, 0.6) is 0 Å². The molecule has 2 N–H and O–H groups in total. The second-order valence-electron chi connectivity index (χ2n) is 12.8. The lowest BCUT2D eigenvalue weighted by Gasteiger charge is -2.27. The maximum absolute atomic E-state index is 11.7. The van der Waals surface area contributed by atoms with E-state index in [1.807, 2.05) is 48.5 Å². The van der Waals surface area contributed by atoms with Crippen LogP contribution in [0.25, 0.3) is 33.6 Å². The molecule has 0 atom stereocenters. The molecule has 4 heterocycles. The van der Waals surface area contributed by atoms with Gasteiger partial charge in [0, 0.05) is 58.9 Å². The van der Waals surface area contributed by atoms with Crippen molar-refractivity contribution in [3.63, 3.8) is 0 Å². The molecule has 2 saturated heterocycles. The van der Waals surface area contributed by atoms with Crippen LogP contribution in [0.1, 0.15) is 49.7 Å². The number of H-pyrrole nitrogens is 2. The molecule has 2 aliphatic rings. The van der Waals surface area contributed by atoms with Crippen LogP contribution in [0.3, 0.4) is 0 Å². The summed E-state index contributed by atoms with van der Waals surface area (Å²) in [7, 11) is -3.25. The number of nitrogens with zero attached hydrogens (tertiary/aromatic N) is 4. The first-order valence-electron chi connectivity index (χ1n) is 16.9. The number of hydrogen-bond acceptors (Lipinski definition) is 6. The summed E-state index contributed by atoms with van der Waals surface area (Å²) in [5, 5.41) is 20.3. The Morgan fingerprint density at radius 3 is 1.55 bits per heavy atom. The molecule has 3 aromatic carbocycles. The van der Waals surface area contributed by atoms with Gasteiger partial charge in [0.05, 0.1) is 21.0 Å². The van der Waals surface area contributed by atoms with Crippen LogP contribution in [0.15, 0.2) is 82.2 Å². The zero-order valence-corrected chi connectivity index (χ0v) is 32.1. The van der Waals surface area contributed by atoms with E-state index < -0.39 is 9.84 Å². The quantitative estimate of drug-likeness (QED) is 0.176. The molecule has 12 heteroatoms. The molecule has 2 fully saturated rings. The summed E-state index contributed by atoms with van der Waals surface area (Å²) in [6, 6.07) is 26.6. The van der Waals surface area contributed by atoms with Crippen LogP contribution in [-0.2, 0) is 9.84 Å². The minimum atomic E-state index is -3.25. The Kier molecular flexibility index (Phi) is 11.5. The Hall–Kier alpha value is -4.19. The maximum Gasteiger partial charge on any atom is 0.175 e. The summed E-state index contributed by atoms with van der Waals surface area (Å²) >= 11 is 15.9. The van der Waals surface area contributed by atoms with Crippen molar-refractivity contribution in [2.75, 3.05) is 42.2 Å². The van der Waals surface area contributed by atoms with Gasteiger partial charge in [0.15, 0.2) is 9.84 Å². The highest BCUT2D eigenvalue weighted by atomic mass is 79.9. The van der Waals surface area contributed by atoms with Crippen LogP contribution in [-0.4, -0.2) is 50.8 Å². The van der Waals surface area contributed by atoms with Crippen molar-refractivity contribution in [1.82, 2.24) is 9.97 Å². The standard InChI is InChI=1S/C23H22ClN3O2S.C16H15BrClN3/c1-30(28,29)19-8-5-16(6-9-19)20-13-17(7-10-21(20)24)22-14-18(15-25)23(26-22)27-11-3-2-4-12-27;17-13-8-11(4-5-14(13)18)15-9-12(10-19)16(20-15)21-6-2-1-3-7-21/h5-10,13-14,26H,2-4,11-12H2,1H3;4-5,8-9,20H,1-3,6-7H2. The fourth-order valence-electron chi connectivity index (χ4n) is 6.56. The number of sulfone groups is 1. The molecule has 262 valence electrons. The number of anilines is 2. The molecule has 51 heavy (non-hydrogen) atoms. The van der Waals surface area contributed by atoms with Gasteiger partial charge in [-0.25, -0.2) is 8.42 Å². The minimum absolute atomic E-state index is 0.271. The zero-order chi connectivity index (χ0) is 36.1. The van der Waals surface area contributed by atoms with E-state index in [4.69, 9.17) is 23.2 Å².